The van der Waals surface area contributed by atoms with Gasteiger partial charge < -0.3 is 4.98 Å². The maximum absolute atomic E-state index is 4.33. The summed E-state index contributed by atoms with van der Waals surface area (Å²) in [6.45, 7) is 2.01. The molecule has 0 fully saturated rings. The van der Waals surface area contributed by atoms with Gasteiger partial charge in [0.05, 0.1) is 6.33 Å². The number of aromatic amines is 1. The highest BCUT2D eigenvalue weighted by Crippen LogP contribution is 2.17. The molecule has 1 aromatic carbocycles. The standard InChI is InChI=1S/C14H13N3/c1-10-4-12-3-2-11(5-13(12)7-16-10)6-14-8-15-9-17-14/h2-5,7-9H,6H2,1H3,(H,15,17). The van der Waals surface area contributed by atoms with Crippen molar-refractivity contribution in [2.75, 3.05) is 0 Å². The van der Waals surface area contributed by atoms with E-state index < -0.39 is 0 Å². The first-order valence-corrected chi connectivity index (χ1v) is 5.64. The topological polar surface area (TPSA) is 41.6 Å². The normalized spacial score (nSPS) is 10.9. The van der Waals surface area contributed by atoms with Gasteiger partial charge in [0, 0.05) is 35.6 Å². The van der Waals surface area contributed by atoms with Gasteiger partial charge in [0.25, 0.3) is 0 Å². The third-order valence-electron chi connectivity index (χ3n) is 2.87. The van der Waals surface area contributed by atoms with Crippen LogP contribution in [0.1, 0.15) is 17.0 Å². The number of imidazole rings is 1. The summed E-state index contributed by atoms with van der Waals surface area (Å²) in [5, 5.41) is 2.43. The van der Waals surface area contributed by atoms with Crippen molar-refractivity contribution in [2.45, 2.75) is 13.3 Å². The number of hydrogen-bond acceptors (Lipinski definition) is 2. The van der Waals surface area contributed by atoms with Crippen molar-refractivity contribution in [3.05, 3.63) is 59.9 Å². The average Bonchev–Trinajstić information content (AvgIpc) is 2.82. The number of fused-ring (bicyclic) bond motifs is 1. The molecule has 3 rings (SSSR count). The van der Waals surface area contributed by atoms with Gasteiger partial charge in [0.15, 0.2) is 0 Å². The number of aryl methyl sites for hydroxylation is 1. The molecule has 17 heavy (non-hydrogen) atoms. The molecular weight excluding hydrogens is 210 g/mol. The monoisotopic (exact) mass is 223 g/mol. The molecule has 0 bridgehead atoms. The lowest BCUT2D eigenvalue weighted by atomic mass is 10.1. The largest absolute Gasteiger partial charge is 0.348 e. The Kier molecular flexibility index (Phi) is 2.37. The highest BCUT2D eigenvalue weighted by Gasteiger charge is 2.00. The molecule has 0 spiro atoms. The van der Waals surface area contributed by atoms with Gasteiger partial charge >= 0.3 is 0 Å². The molecule has 0 aliphatic carbocycles. The minimum absolute atomic E-state index is 0.879. The lowest BCUT2D eigenvalue weighted by molar-refractivity contribution is 1.11. The molecular formula is C14H13N3. The minimum Gasteiger partial charge on any atom is -0.348 e. The molecule has 0 radical (unpaired) electrons. The van der Waals surface area contributed by atoms with Crippen LogP contribution in [-0.2, 0) is 6.42 Å². The molecule has 3 aromatic rings. The zero-order valence-corrected chi connectivity index (χ0v) is 9.64. The molecule has 0 atom stereocenters. The van der Waals surface area contributed by atoms with Gasteiger partial charge in [-0.05, 0) is 30.0 Å². The number of hydrogen-bond donors (Lipinski definition) is 1. The van der Waals surface area contributed by atoms with E-state index >= 15 is 0 Å². The van der Waals surface area contributed by atoms with Gasteiger partial charge in [-0.15, -0.1) is 0 Å². The molecule has 0 saturated heterocycles. The van der Waals surface area contributed by atoms with E-state index in [1.54, 1.807) is 6.33 Å². The third kappa shape index (κ3) is 2.04. The van der Waals surface area contributed by atoms with E-state index in [0.717, 1.165) is 17.8 Å². The third-order valence-corrected chi connectivity index (χ3v) is 2.87. The molecule has 0 saturated carbocycles. The van der Waals surface area contributed by atoms with Crippen LogP contribution in [0.5, 0.6) is 0 Å². The van der Waals surface area contributed by atoms with E-state index in [-0.39, 0.29) is 0 Å². The molecule has 0 aliphatic rings. The van der Waals surface area contributed by atoms with Crippen molar-refractivity contribution in [3.8, 4) is 0 Å². The quantitative estimate of drug-likeness (QED) is 0.725. The second-order valence-electron chi connectivity index (χ2n) is 4.26. The maximum Gasteiger partial charge on any atom is 0.0921 e. The van der Waals surface area contributed by atoms with Gasteiger partial charge in [0.1, 0.15) is 0 Å². The summed E-state index contributed by atoms with van der Waals surface area (Å²) >= 11 is 0. The van der Waals surface area contributed by atoms with Crippen LogP contribution in [-0.4, -0.2) is 15.0 Å². The number of nitrogens with zero attached hydrogens (tertiary/aromatic N) is 2. The van der Waals surface area contributed by atoms with Crippen LogP contribution in [0, 0.1) is 6.92 Å². The average molecular weight is 223 g/mol. The Morgan fingerprint density at radius 1 is 1.12 bits per heavy atom. The van der Waals surface area contributed by atoms with Gasteiger partial charge in [0.2, 0.25) is 0 Å². The van der Waals surface area contributed by atoms with Gasteiger partial charge in [-0.2, -0.15) is 0 Å². The highest BCUT2D eigenvalue weighted by atomic mass is 14.9. The van der Waals surface area contributed by atoms with Crippen molar-refractivity contribution >= 4 is 10.8 Å². The number of H-pyrrole nitrogens is 1. The molecule has 3 heteroatoms. The first-order valence-electron chi connectivity index (χ1n) is 5.64. The molecule has 84 valence electrons. The first kappa shape index (κ1) is 10.0. The fourth-order valence-corrected chi connectivity index (χ4v) is 2.01. The van der Waals surface area contributed by atoms with E-state index in [2.05, 4.69) is 39.2 Å². The zero-order valence-electron chi connectivity index (χ0n) is 9.64. The lowest BCUT2D eigenvalue weighted by Gasteiger charge is -2.03. The Balaban J connectivity index is 1.99. The van der Waals surface area contributed by atoms with E-state index in [4.69, 9.17) is 0 Å². The van der Waals surface area contributed by atoms with Crippen LogP contribution in [0.2, 0.25) is 0 Å². The number of aromatic nitrogens is 3. The molecule has 0 amide bonds. The summed E-state index contributed by atoms with van der Waals surface area (Å²) in [7, 11) is 0. The van der Waals surface area contributed by atoms with Crippen molar-refractivity contribution in [1.82, 2.24) is 15.0 Å². The molecule has 2 aromatic heterocycles. The van der Waals surface area contributed by atoms with Crippen LogP contribution in [0.25, 0.3) is 10.8 Å². The summed E-state index contributed by atoms with van der Waals surface area (Å²) in [4.78, 5) is 11.5. The zero-order chi connectivity index (χ0) is 11.7. The van der Waals surface area contributed by atoms with Gasteiger partial charge in [-0.3, -0.25) is 4.98 Å². The van der Waals surface area contributed by atoms with E-state index in [9.17, 15) is 0 Å². The first-order chi connectivity index (χ1) is 8.31. The van der Waals surface area contributed by atoms with Crippen molar-refractivity contribution in [1.29, 1.82) is 0 Å². The number of pyridine rings is 1. The Bertz CT molecular complexity index is 642. The summed E-state index contributed by atoms with van der Waals surface area (Å²) in [6.07, 6.45) is 6.38. The van der Waals surface area contributed by atoms with Crippen LogP contribution < -0.4 is 0 Å². The number of nitrogens with one attached hydrogen (secondary N) is 1. The summed E-state index contributed by atoms with van der Waals surface area (Å²) in [5.74, 6) is 0. The van der Waals surface area contributed by atoms with E-state index in [0.29, 0.717) is 0 Å². The predicted molar refractivity (Wildman–Crippen MR) is 67.9 cm³/mol. The minimum atomic E-state index is 0.879. The van der Waals surface area contributed by atoms with Gasteiger partial charge in [-0.1, -0.05) is 12.1 Å². The smallest absolute Gasteiger partial charge is 0.0921 e. The highest BCUT2D eigenvalue weighted by molar-refractivity contribution is 5.82. The number of benzene rings is 1. The van der Waals surface area contributed by atoms with Crippen LogP contribution in [0.15, 0.2) is 43.0 Å². The molecule has 2 heterocycles. The summed E-state index contributed by atoms with van der Waals surface area (Å²) < 4.78 is 0. The molecule has 0 unspecified atom stereocenters. The second-order valence-corrected chi connectivity index (χ2v) is 4.26. The van der Waals surface area contributed by atoms with Crippen LogP contribution in [0.4, 0.5) is 0 Å². The SMILES string of the molecule is Cc1cc2ccc(Cc3cnc[nH]3)cc2cn1. The molecule has 1 N–H and O–H groups in total. The fourth-order valence-electron chi connectivity index (χ4n) is 2.01. The summed E-state index contributed by atoms with van der Waals surface area (Å²) in [5.41, 5.74) is 3.45. The molecule has 0 aliphatic heterocycles. The maximum atomic E-state index is 4.33. The predicted octanol–water partition coefficient (Wildman–Crippen LogP) is 2.86. The summed E-state index contributed by atoms with van der Waals surface area (Å²) in [6, 6.07) is 8.59. The van der Waals surface area contributed by atoms with E-state index in [1.165, 1.54) is 16.3 Å². The van der Waals surface area contributed by atoms with Crippen LogP contribution >= 0.6 is 0 Å². The Morgan fingerprint density at radius 3 is 2.88 bits per heavy atom. The van der Waals surface area contributed by atoms with Crippen molar-refractivity contribution in [2.24, 2.45) is 0 Å². The fraction of sp³-hybridized carbons (Fsp3) is 0.143. The Labute approximate surface area is 99.5 Å². The lowest BCUT2D eigenvalue weighted by Crippen LogP contribution is -1.89. The Morgan fingerprint density at radius 2 is 2.06 bits per heavy atom. The van der Waals surface area contributed by atoms with Crippen molar-refractivity contribution in [3.63, 3.8) is 0 Å². The Hall–Kier alpha value is -2.16. The van der Waals surface area contributed by atoms with Crippen LogP contribution in [0.3, 0.4) is 0 Å². The van der Waals surface area contributed by atoms with Gasteiger partial charge in [-0.25, -0.2) is 4.98 Å². The second kappa shape index (κ2) is 4.01. The van der Waals surface area contributed by atoms with Crippen molar-refractivity contribution < 1.29 is 0 Å². The van der Waals surface area contributed by atoms with E-state index in [1.807, 2.05) is 19.3 Å². The molecule has 3 nitrogen and oxygen atoms in total. The number of rotatable bonds is 2.